The van der Waals surface area contributed by atoms with Crippen molar-refractivity contribution >= 4 is 17.9 Å². The van der Waals surface area contributed by atoms with Gasteiger partial charge in [-0.05, 0) is 12.0 Å². The first kappa shape index (κ1) is 20.5. The van der Waals surface area contributed by atoms with Gasteiger partial charge in [0.25, 0.3) is 0 Å². The molecule has 0 aromatic rings. The van der Waals surface area contributed by atoms with Crippen LogP contribution in [0.3, 0.4) is 0 Å². The van der Waals surface area contributed by atoms with E-state index in [2.05, 4.69) is 16.6 Å². The van der Waals surface area contributed by atoms with Crippen LogP contribution >= 0.6 is 0 Å². The Morgan fingerprint density at radius 1 is 1.12 bits per heavy atom. The number of azide groups is 1. The molecule has 1 heterocycles. The van der Waals surface area contributed by atoms with Crippen molar-refractivity contribution in [3.05, 3.63) is 23.1 Å². The summed E-state index contributed by atoms with van der Waals surface area (Å²) in [6.45, 7) is 6.96. The highest BCUT2D eigenvalue weighted by Gasteiger charge is 2.49. The Bertz CT molecular complexity index is 573. The third-order valence-electron chi connectivity index (χ3n) is 3.40. The smallest absolute Gasteiger partial charge is 0.303 e. The maximum atomic E-state index is 11.5. The molecule has 1 aliphatic rings. The van der Waals surface area contributed by atoms with Crippen LogP contribution in [0.15, 0.2) is 17.8 Å². The monoisotopic (exact) mass is 355 g/mol. The summed E-state index contributed by atoms with van der Waals surface area (Å²) in [5, 5.41) is 3.64. The fourth-order valence-electron chi connectivity index (χ4n) is 2.56. The minimum Gasteiger partial charge on any atom is -0.463 e. The molecule has 1 rings (SSSR count). The first-order valence-corrected chi connectivity index (χ1v) is 7.58. The van der Waals surface area contributed by atoms with E-state index in [1.165, 1.54) is 20.8 Å². The third kappa shape index (κ3) is 6.09. The zero-order chi connectivity index (χ0) is 19.0. The number of hydrogen-bond donors (Lipinski definition) is 0. The van der Waals surface area contributed by atoms with Gasteiger partial charge in [0.2, 0.25) is 0 Å². The molecule has 5 atom stereocenters. The van der Waals surface area contributed by atoms with Gasteiger partial charge in [-0.3, -0.25) is 14.4 Å². The molecule has 0 aliphatic carbocycles. The lowest BCUT2D eigenvalue weighted by atomic mass is 9.91. The Morgan fingerprint density at radius 2 is 1.72 bits per heavy atom. The molecule has 3 unspecified atom stereocenters. The second kappa shape index (κ2) is 9.65. The first-order valence-electron chi connectivity index (χ1n) is 7.58. The van der Waals surface area contributed by atoms with E-state index < -0.39 is 48.4 Å². The van der Waals surface area contributed by atoms with Crippen molar-refractivity contribution in [1.29, 1.82) is 0 Å². The van der Waals surface area contributed by atoms with E-state index in [1.54, 1.807) is 6.08 Å². The van der Waals surface area contributed by atoms with Crippen LogP contribution in [0.25, 0.3) is 10.4 Å². The van der Waals surface area contributed by atoms with Gasteiger partial charge < -0.3 is 18.9 Å². The zero-order valence-corrected chi connectivity index (χ0v) is 14.3. The summed E-state index contributed by atoms with van der Waals surface area (Å²) in [5.41, 5.74) is 8.83. The van der Waals surface area contributed by atoms with Crippen molar-refractivity contribution in [2.45, 2.75) is 57.6 Å². The summed E-state index contributed by atoms with van der Waals surface area (Å²) in [7, 11) is 0. The van der Waals surface area contributed by atoms with Crippen molar-refractivity contribution in [3.8, 4) is 0 Å². The van der Waals surface area contributed by atoms with Gasteiger partial charge in [-0.15, -0.1) is 6.58 Å². The minimum absolute atomic E-state index is 0.221. The molecule has 138 valence electrons. The van der Waals surface area contributed by atoms with E-state index in [0.29, 0.717) is 0 Å². The number of nitrogens with zero attached hydrogens (tertiary/aromatic N) is 3. The van der Waals surface area contributed by atoms with Gasteiger partial charge in [0.15, 0.2) is 12.2 Å². The highest BCUT2D eigenvalue weighted by molar-refractivity contribution is 5.68. The topological polar surface area (TPSA) is 137 Å². The Balaban J connectivity index is 3.23. The molecule has 0 amide bonds. The van der Waals surface area contributed by atoms with Gasteiger partial charge >= 0.3 is 17.9 Å². The van der Waals surface area contributed by atoms with E-state index in [9.17, 15) is 14.4 Å². The van der Waals surface area contributed by atoms with Crippen LogP contribution in [0.5, 0.6) is 0 Å². The van der Waals surface area contributed by atoms with Gasteiger partial charge in [-0.25, -0.2) is 0 Å². The molecule has 10 nitrogen and oxygen atoms in total. The highest BCUT2D eigenvalue weighted by atomic mass is 16.6. The van der Waals surface area contributed by atoms with E-state index in [1.807, 2.05) is 0 Å². The fourth-order valence-corrected chi connectivity index (χ4v) is 2.56. The Labute approximate surface area is 144 Å². The largest absolute Gasteiger partial charge is 0.463 e. The summed E-state index contributed by atoms with van der Waals surface area (Å²) in [6, 6.07) is -0.940. The number of ether oxygens (including phenoxy) is 4. The third-order valence-corrected chi connectivity index (χ3v) is 3.40. The lowest BCUT2D eigenvalue weighted by Crippen LogP contribution is -2.60. The van der Waals surface area contributed by atoms with Crippen LogP contribution in [-0.4, -0.2) is 55.0 Å². The molecule has 10 heteroatoms. The standard InChI is InChI=1S/C15H21N3O7/c1-5-6-11-13(17-18-16)15(24-10(4)21)14(23-9(3)20)12(25-11)7-22-8(2)19/h5,11-15H,1,6-7H2,2-4H3/t11?,12?,13?,14-,15+/m0/s1. The summed E-state index contributed by atoms with van der Waals surface area (Å²) < 4.78 is 21.2. The molecule has 0 spiro atoms. The molecule has 1 aliphatic heterocycles. The average Bonchev–Trinajstić information content (AvgIpc) is 2.50. The van der Waals surface area contributed by atoms with Gasteiger partial charge in [0, 0.05) is 25.7 Å². The molecule has 0 saturated carbocycles. The molecular weight excluding hydrogens is 334 g/mol. The summed E-state index contributed by atoms with van der Waals surface area (Å²) in [6.07, 6.45) is -1.94. The molecule has 0 bridgehead atoms. The number of esters is 3. The first-order chi connectivity index (χ1) is 11.8. The minimum atomic E-state index is -1.10. The molecule has 1 saturated heterocycles. The van der Waals surface area contributed by atoms with Crippen molar-refractivity contribution in [2.75, 3.05) is 6.61 Å². The van der Waals surface area contributed by atoms with Crippen LogP contribution in [0.2, 0.25) is 0 Å². The summed E-state index contributed by atoms with van der Waals surface area (Å²) >= 11 is 0. The summed E-state index contributed by atoms with van der Waals surface area (Å²) in [5.74, 6) is -1.85. The van der Waals surface area contributed by atoms with Crippen LogP contribution in [0.4, 0.5) is 0 Å². The van der Waals surface area contributed by atoms with Crippen LogP contribution in [0.1, 0.15) is 27.2 Å². The predicted molar refractivity (Wildman–Crippen MR) is 84.2 cm³/mol. The maximum absolute atomic E-state index is 11.5. The summed E-state index contributed by atoms with van der Waals surface area (Å²) in [4.78, 5) is 36.8. The van der Waals surface area contributed by atoms with E-state index in [-0.39, 0.29) is 13.0 Å². The number of rotatable bonds is 7. The number of carbonyl (C=O) groups excluding carboxylic acids is 3. The fraction of sp³-hybridized carbons (Fsp3) is 0.667. The van der Waals surface area contributed by atoms with Crippen LogP contribution in [-0.2, 0) is 33.3 Å². The molecule has 0 N–H and O–H groups in total. The van der Waals surface area contributed by atoms with Gasteiger partial charge in [0.1, 0.15) is 18.8 Å². The molecule has 25 heavy (non-hydrogen) atoms. The quantitative estimate of drug-likeness (QED) is 0.168. The predicted octanol–water partition coefficient (Wildman–Crippen LogP) is 1.44. The lowest BCUT2D eigenvalue weighted by Gasteiger charge is -2.43. The molecule has 1 fully saturated rings. The van der Waals surface area contributed by atoms with Gasteiger partial charge in [0.05, 0.1) is 6.10 Å². The number of carbonyl (C=O) groups is 3. The number of hydrogen-bond acceptors (Lipinski definition) is 8. The molecule has 0 aromatic carbocycles. The zero-order valence-electron chi connectivity index (χ0n) is 14.3. The second-order valence-electron chi connectivity index (χ2n) is 5.38. The van der Waals surface area contributed by atoms with E-state index >= 15 is 0 Å². The maximum Gasteiger partial charge on any atom is 0.303 e. The van der Waals surface area contributed by atoms with Crippen LogP contribution in [0, 0.1) is 0 Å². The van der Waals surface area contributed by atoms with Crippen molar-refractivity contribution in [3.63, 3.8) is 0 Å². The van der Waals surface area contributed by atoms with Crippen LogP contribution < -0.4 is 0 Å². The Morgan fingerprint density at radius 3 is 2.20 bits per heavy atom. The normalized spacial score (nSPS) is 28.2. The van der Waals surface area contributed by atoms with E-state index in [0.717, 1.165) is 0 Å². The Hall–Kier alpha value is -2.58. The molecule has 0 radical (unpaired) electrons. The molecule has 0 aromatic heterocycles. The van der Waals surface area contributed by atoms with Crippen molar-refractivity contribution in [1.82, 2.24) is 0 Å². The molecular formula is C15H21N3O7. The van der Waals surface area contributed by atoms with Gasteiger partial charge in [-0.1, -0.05) is 11.2 Å². The lowest BCUT2D eigenvalue weighted by molar-refractivity contribution is -0.219. The van der Waals surface area contributed by atoms with E-state index in [4.69, 9.17) is 24.5 Å². The highest BCUT2D eigenvalue weighted by Crippen LogP contribution is 2.30. The van der Waals surface area contributed by atoms with Crippen molar-refractivity contribution < 1.29 is 33.3 Å². The van der Waals surface area contributed by atoms with Gasteiger partial charge in [-0.2, -0.15) is 0 Å². The Kier molecular flexibility index (Phi) is 7.90. The SMILES string of the molecule is C=CCC1OC(COC(C)=O)[C@H](OC(C)=O)[C@H](OC(C)=O)C1N=[N+]=[N-]. The average molecular weight is 355 g/mol. The second-order valence-corrected chi connectivity index (χ2v) is 5.38. The van der Waals surface area contributed by atoms with Crippen molar-refractivity contribution in [2.24, 2.45) is 5.11 Å².